The lowest BCUT2D eigenvalue weighted by molar-refractivity contribution is 0.960. The predicted molar refractivity (Wildman–Crippen MR) is 169 cm³/mol. The van der Waals surface area contributed by atoms with Crippen molar-refractivity contribution < 1.29 is 0 Å². The van der Waals surface area contributed by atoms with Crippen LogP contribution in [0.5, 0.6) is 0 Å². The summed E-state index contributed by atoms with van der Waals surface area (Å²) < 4.78 is 2.32. The molecule has 3 aromatic heterocycles. The third-order valence-corrected chi connectivity index (χ3v) is 8.03. The molecular weight excluding hydrogens is 502 g/mol. The molecule has 0 atom stereocenters. The van der Waals surface area contributed by atoms with Crippen molar-refractivity contribution in [3.05, 3.63) is 133 Å². The molecule has 0 saturated heterocycles. The molecule has 0 spiro atoms. The molecule has 0 unspecified atom stereocenters. The molecule has 1 aliphatic heterocycles. The van der Waals surface area contributed by atoms with Crippen molar-refractivity contribution in [2.24, 2.45) is 4.99 Å². The molecule has 0 bridgehead atoms. The third-order valence-electron chi connectivity index (χ3n) is 8.03. The van der Waals surface area contributed by atoms with Gasteiger partial charge in [-0.05, 0) is 65.9 Å². The molecule has 4 heterocycles. The van der Waals surface area contributed by atoms with Gasteiger partial charge in [0.1, 0.15) is 5.82 Å². The molecular formula is C36H25N5. The van der Waals surface area contributed by atoms with E-state index in [1.54, 1.807) is 6.20 Å². The van der Waals surface area contributed by atoms with Crippen molar-refractivity contribution in [2.45, 2.75) is 6.54 Å². The first-order chi connectivity index (χ1) is 20.3. The van der Waals surface area contributed by atoms with E-state index in [-0.39, 0.29) is 0 Å². The van der Waals surface area contributed by atoms with Gasteiger partial charge in [0.25, 0.3) is 0 Å². The minimum Gasteiger partial charge on any atom is -0.335 e. The van der Waals surface area contributed by atoms with Crippen molar-refractivity contribution in [3.8, 4) is 28.1 Å². The van der Waals surface area contributed by atoms with Crippen LogP contribution < -0.4 is 4.90 Å². The Bertz CT molecular complexity index is 2110. The third kappa shape index (κ3) is 3.60. The Morgan fingerprint density at radius 1 is 0.707 bits per heavy atom. The van der Waals surface area contributed by atoms with Gasteiger partial charge >= 0.3 is 0 Å². The van der Waals surface area contributed by atoms with E-state index in [0.29, 0.717) is 0 Å². The Labute approximate surface area is 237 Å². The van der Waals surface area contributed by atoms with E-state index in [4.69, 9.17) is 4.98 Å². The summed E-state index contributed by atoms with van der Waals surface area (Å²) in [7, 11) is 0. The molecule has 5 heteroatoms. The number of nitrogens with zero attached hydrogens (tertiary/aromatic N) is 5. The second-order valence-corrected chi connectivity index (χ2v) is 10.2. The number of pyridine rings is 2. The molecule has 4 aromatic carbocycles. The normalized spacial score (nSPS) is 12.3. The average molecular weight is 528 g/mol. The van der Waals surface area contributed by atoms with E-state index in [0.717, 1.165) is 51.6 Å². The fraction of sp³-hybridized carbons (Fsp3) is 0.0278. The fourth-order valence-corrected chi connectivity index (χ4v) is 6.23. The van der Waals surface area contributed by atoms with Crippen molar-refractivity contribution in [1.82, 2.24) is 14.5 Å². The van der Waals surface area contributed by atoms with E-state index < -0.39 is 0 Å². The Hall–Kier alpha value is -5.55. The second-order valence-electron chi connectivity index (χ2n) is 10.2. The van der Waals surface area contributed by atoms with Gasteiger partial charge in [0.15, 0.2) is 0 Å². The number of hydrogen-bond donors (Lipinski definition) is 0. The summed E-state index contributed by atoms with van der Waals surface area (Å²) in [4.78, 5) is 16.0. The zero-order valence-corrected chi connectivity index (χ0v) is 22.3. The summed E-state index contributed by atoms with van der Waals surface area (Å²) in [5.74, 6) is 0.869. The SMILES string of the molecule is C=Nc1ccccc1N1Cc2ccccc2-c2c1ccc1c3ccccc3n(-c3cc(-c4cccnc4)ccn3)c21. The first kappa shape index (κ1) is 23.3. The van der Waals surface area contributed by atoms with Gasteiger partial charge < -0.3 is 4.90 Å². The van der Waals surface area contributed by atoms with E-state index >= 15 is 0 Å². The van der Waals surface area contributed by atoms with Gasteiger partial charge in [-0.3, -0.25) is 14.5 Å². The van der Waals surface area contributed by atoms with Crippen LogP contribution in [0.2, 0.25) is 0 Å². The van der Waals surface area contributed by atoms with Crippen LogP contribution in [-0.2, 0) is 6.54 Å². The number of hydrogen-bond acceptors (Lipinski definition) is 4. The molecule has 1 aliphatic rings. The van der Waals surface area contributed by atoms with Crippen LogP contribution in [0.3, 0.4) is 0 Å². The highest BCUT2D eigenvalue weighted by Crippen LogP contribution is 2.50. The van der Waals surface area contributed by atoms with Gasteiger partial charge in [0, 0.05) is 47.0 Å². The van der Waals surface area contributed by atoms with Crippen LogP contribution in [0, 0.1) is 0 Å². The van der Waals surface area contributed by atoms with Crippen LogP contribution in [0.4, 0.5) is 17.1 Å². The molecule has 0 radical (unpaired) electrons. The summed E-state index contributed by atoms with van der Waals surface area (Å²) in [6.07, 6.45) is 5.58. The summed E-state index contributed by atoms with van der Waals surface area (Å²) in [5, 5.41) is 2.39. The lowest BCUT2D eigenvalue weighted by Crippen LogP contribution is -2.22. The number of benzene rings is 4. The lowest BCUT2D eigenvalue weighted by Gasteiger charge is -2.34. The van der Waals surface area contributed by atoms with Crippen LogP contribution >= 0.6 is 0 Å². The van der Waals surface area contributed by atoms with E-state index in [2.05, 4.69) is 111 Å². The van der Waals surface area contributed by atoms with Crippen molar-refractivity contribution >= 4 is 45.6 Å². The monoisotopic (exact) mass is 527 g/mol. The van der Waals surface area contributed by atoms with Gasteiger partial charge in [0.05, 0.1) is 28.1 Å². The maximum absolute atomic E-state index is 4.92. The zero-order valence-electron chi connectivity index (χ0n) is 22.3. The van der Waals surface area contributed by atoms with E-state index in [1.807, 2.05) is 36.7 Å². The van der Waals surface area contributed by atoms with Gasteiger partial charge in [-0.25, -0.2) is 4.98 Å². The highest BCUT2D eigenvalue weighted by molar-refractivity contribution is 6.17. The van der Waals surface area contributed by atoms with Crippen LogP contribution in [0.15, 0.2) is 133 Å². The smallest absolute Gasteiger partial charge is 0.138 e. The van der Waals surface area contributed by atoms with Gasteiger partial charge in [-0.2, -0.15) is 0 Å². The van der Waals surface area contributed by atoms with Crippen molar-refractivity contribution in [1.29, 1.82) is 0 Å². The molecule has 5 nitrogen and oxygen atoms in total. The average Bonchev–Trinajstić information content (AvgIpc) is 3.39. The van der Waals surface area contributed by atoms with E-state index in [9.17, 15) is 0 Å². The summed E-state index contributed by atoms with van der Waals surface area (Å²) in [6, 6.07) is 38.3. The van der Waals surface area contributed by atoms with Gasteiger partial charge in [-0.15, -0.1) is 0 Å². The van der Waals surface area contributed by atoms with Gasteiger partial charge in [0.2, 0.25) is 0 Å². The lowest BCUT2D eigenvalue weighted by atomic mass is 9.91. The topological polar surface area (TPSA) is 46.3 Å². The Morgan fingerprint density at radius 3 is 2.46 bits per heavy atom. The first-order valence-corrected chi connectivity index (χ1v) is 13.7. The quantitative estimate of drug-likeness (QED) is 0.215. The van der Waals surface area contributed by atoms with Crippen LogP contribution in [0.1, 0.15) is 5.56 Å². The van der Waals surface area contributed by atoms with Crippen LogP contribution in [-0.4, -0.2) is 21.3 Å². The Balaban J connectivity index is 1.49. The minimum absolute atomic E-state index is 0.746. The first-order valence-electron chi connectivity index (χ1n) is 13.7. The number of anilines is 2. The number of para-hydroxylation sites is 3. The highest BCUT2D eigenvalue weighted by Gasteiger charge is 2.29. The number of rotatable bonds is 4. The summed E-state index contributed by atoms with van der Waals surface area (Å²) in [6.45, 7) is 4.61. The molecule has 0 fully saturated rings. The molecule has 8 rings (SSSR count). The van der Waals surface area contributed by atoms with Crippen LogP contribution in [0.25, 0.3) is 49.9 Å². The molecule has 0 amide bonds. The number of aromatic nitrogens is 3. The molecule has 7 aromatic rings. The molecule has 41 heavy (non-hydrogen) atoms. The Kier molecular flexibility index (Phi) is 5.28. The molecule has 0 aliphatic carbocycles. The van der Waals surface area contributed by atoms with Gasteiger partial charge in [-0.1, -0.05) is 66.7 Å². The maximum Gasteiger partial charge on any atom is 0.138 e. The largest absolute Gasteiger partial charge is 0.335 e. The molecule has 0 N–H and O–H groups in total. The Morgan fingerprint density at radius 2 is 1.56 bits per heavy atom. The molecule has 0 saturated carbocycles. The number of fused-ring (bicyclic) bond motifs is 7. The number of aliphatic imine (C=N–C) groups is 1. The fourth-order valence-electron chi connectivity index (χ4n) is 6.23. The van der Waals surface area contributed by atoms with E-state index in [1.165, 1.54) is 27.5 Å². The standard InChI is InChI=1S/C36H25N5/c1-37-30-13-5-7-15-32(30)40-23-26-9-2-3-11-27(26)35-33(40)17-16-29-28-12-4-6-14-31(28)41(36(29)35)34-21-24(18-20-39-34)25-10-8-19-38-22-25/h2-22H,1,23H2. The minimum atomic E-state index is 0.746. The molecule has 194 valence electrons. The van der Waals surface area contributed by atoms with Crippen molar-refractivity contribution in [2.75, 3.05) is 4.90 Å². The van der Waals surface area contributed by atoms with Crippen molar-refractivity contribution in [3.63, 3.8) is 0 Å². The summed E-state index contributed by atoms with van der Waals surface area (Å²) in [5.41, 5.74) is 11.1. The maximum atomic E-state index is 4.92. The summed E-state index contributed by atoms with van der Waals surface area (Å²) >= 11 is 0. The second kappa shape index (κ2) is 9.28. The predicted octanol–water partition coefficient (Wildman–Crippen LogP) is 8.89. The zero-order chi connectivity index (χ0) is 27.3. The highest BCUT2D eigenvalue weighted by atomic mass is 15.2.